The van der Waals surface area contributed by atoms with Gasteiger partial charge in [-0.2, -0.15) is 0 Å². The lowest BCUT2D eigenvalue weighted by atomic mass is 10.00. The van der Waals surface area contributed by atoms with E-state index in [2.05, 4.69) is 28.2 Å². The van der Waals surface area contributed by atoms with E-state index in [4.69, 9.17) is 5.11 Å². The number of halogens is 1. The number of rotatable bonds is 7. The molecule has 3 nitrogen and oxygen atoms in total. The summed E-state index contributed by atoms with van der Waals surface area (Å²) in [5, 5.41) is 12.0. The summed E-state index contributed by atoms with van der Waals surface area (Å²) in [7, 11) is 0. The predicted molar refractivity (Wildman–Crippen MR) is 81.3 cm³/mol. The van der Waals surface area contributed by atoms with Crippen molar-refractivity contribution in [2.24, 2.45) is 5.92 Å². The zero-order valence-electron chi connectivity index (χ0n) is 11.6. The van der Waals surface area contributed by atoms with Crippen molar-refractivity contribution in [3.05, 3.63) is 33.8 Å². The Morgan fingerprint density at radius 2 is 2.16 bits per heavy atom. The van der Waals surface area contributed by atoms with Crippen LogP contribution in [0.2, 0.25) is 0 Å². The van der Waals surface area contributed by atoms with E-state index < -0.39 is 0 Å². The molecule has 0 radical (unpaired) electrons. The number of carbonyl (C=O) groups is 1. The first kappa shape index (κ1) is 16.2. The average molecular weight is 328 g/mol. The molecule has 0 aliphatic heterocycles. The second-order valence-electron chi connectivity index (χ2n) is 4.84. The molecule has 1 aromatic carbocycles. The van der Waals surface area contributed by atoms with E-state index >= 15 is 0 Å². The summed E-state index contributed by atoms with van der Waals surface area (Å²) in [4.78, 5) is 12.1. The second kappa shape index (κ2) is 8.33. The smallest absolute Gasteiger partial charge is 0.251 e. The number of aryl methyl sites for hydroxylation is 1. The van der Waals surface area contributed by atoms with Gasteiger partial charge in [0.25, 0.3) is 5.91 Å². The lowest BCUT2D eigenvalue weighted by molar-refractivity contribution is 0.0942. The number of aliphatic hydroxyl groups is 1. The van der Waals surface area contributed by atoms with Crippen molar-refractivity contribution in [2.45, 2.75) is 33.1 Å². The SMILES string of the molecule is CCCC(CCO)CNC(=O)c1ccc(Br)cc1C. The fourth-order valence-corrected chi connectivity index (χ4v) is 2.63. The van der Waals surface area contributed by atoms with Gasteiger partial charge in [-0.05, 0) is 49.4 Å². The molecule has 0 aromatic heterocycles. The Labute approximate surface area is 123 Å². The molecule has 19 heavy (non-hydrogen) atoms. The van der Waals surface area contributed by atoms with Gasteiger partial charge in [-0.25, -0.2) is 0 Å². The first-order valence-electron chi connectivity index (χ1n) is 6.73. The molecule has 0 saturated heterocycles. The highest BCUT2D eigenvalue weighted by atomic mass is 79.9. The average Bonchev–Trinajstić information content (AvgIpc) is 2.36. The molecule has 1 unspecified atom stereocenters. The van der Waals surface area contributed by atoms with Gasteiger partial charge in [-0.1, -0.05) is 29.3 Å². The van der Waals surface area contributed by atoms with Gasteiger partial charge >= 0.3 is 0 Å². The molecule has 0 saturated carbocycles. The van der Waals surface area contributed by atoms with E-state index in [0.29, 0.717) is 18.0 Å². The van der Waals surface area contributed by atoms with E-state index in [1.54, 1.807) is 0 Å². The van der Waals surface area contributed by atoms with Crippen LogP contribution in [0.15, 0.2) is 22.7 Å². The van der Waals surface area contributed by atoms with Crippen molar-refractivity contribution in [1.82, 2.24) is 5.32 Å². The van der Waals surface area contributed by atoms with Gasteiger partial charge < -0.3 is 10.4 Å². The molecule has 0 aliphatic rings. The van der Waals surface area contributed by atoms with Gasteiger partial charge in [-0.3, -0.25) is 4.79 Å². The van der Waals surface area contributed by atoms with Crippen molar-refractivity contribution >= 4 is 21.8 Å². The van der Waals surface area contributed by atoms with Crippen LogP contribution < -0.4 is 5.32 Å². The zero-order valence-corrected chi connectivity index (χ0v) is 13.2. The summed E-state index contributed by atoms with van der Waals surface area (Å²) in [6.45, 7) is 4.85. The predicted octanol–water partition coefficient (Wildman–Crippen LogP) is 3.29. The van der Waals surface area contributed by atoms with Crippen LogP contribution in [-0.4, -0.2) is 24.2 Å². The number of benzene rings is 1. The van der Waals surface area contributed by atoms with Crippen LogP contribution in [0.1, 0.15) is 42.1 Å². The van der Waals surface area contributed by atoms with Crippen LogP contribution >= 0.6 is 15.9 Å². The molecule has 4 heteroatoms. The first-order chi connectivity index (χ1) is 9.08. The van der Waals surface area contributed by atoms with Crippen LogP contribution in [0, 0.1) is 12.8 Å². The highest BCUT2D eigenvalue weighted by Gasteiger charge is 2.12. The third-order valence-electron chi connectivity index (χ3n) is 3.22. The Balaban J connectivity index is 2.58. The highest BCUT2D eigenvalue weighted by Crippen LogP contribution is 2.16. The Kier molecular flexibility index (Phi) is 7.10. The second-order valence-corrected chi connectivity index (χ2v) is 5.75. The van der Waals surface area contributed by atoms with Gasteiger partial charge in [0.15, 0.2) is 0 Å². The van der Waals surface area contributed by atoms with Gasteiger partial charge in [0, 0.05) is 23.2 Å². The van der Waals surface area contributed by atoms with Crippen LogP contribution in [0.4, 0.5) is 0 Å². The molecule has 106 valence electrons. The van der Waals surface area contributed by atoms with Crippen molar-refractivity contribution in [3.8, 4) is 0 Å². The van der Waals surface area contributed by atoms with E-state index in [-0.39, 0.29) is 12.5 Å². The standard InChI is InChI=1S/C15H22BrNO2/c1-3-4-12(7-8-18)10-17-15(19)14-6-5-13(16)9-11(14)2/h5-6,9,12,18H,3-4,7-8,10H2,1-2H3,(H,17,19). The molecule has 0 spiro atoms. The van der Waals surface area contributed by atoms with E-state index in [9.17, 15) is 4.79 Å². The fourth-order valence-electron chi connectivity index (χ4n) is 2.15. The van der Waals surface area contributed by atoms with Gasteiger partial charge in [0.1, 0.15) is 0 Å². The topological polar surface area (TPSA) is 49.3 Å². The normalized spacial score (nSPS) is 12.2. The molecule has 0 aliphatic carbocycles. The van der Waals surface area contributed by atoms with Crippen LogP contribution in [-0.2, 0) is 0 Å². The summed E-state index contributed by atoms with van der Waals surface area (Å²) < 4.78 is 0.977. The minimum absolute atomic E-state index is 0.0379. The molecule has 0 fully saturated rings. The Morgan fingerprint density at radius 1 is 1.42 bits per heavy atom. The summed E-state index contributed by atoms with van der Waals surface area (Å²) in [5.74, 6) is 0.318. The fraction of sp³-hybridized carbons (Fsp3) is 0.533. The number of hydrogen-bond acceptors (Lipinski definition) is 2. The molecule has 1 atom stereocenters. The third kappa shape index (κ3) is 5.33. The number of hydrogen-bond donors (Lipinski definition) is 2. The van der Waals surface area contributed by atoms with E-state index in [0.717, 1.165) is 29.3 Å². The number of aliphatic hydroxyl groups excluding tert-OH is 1. The van der Waals surface area contributed by atoms with E-state index in [1.165, 1.54) is 0 Å². The molecule has 1 aromatic rings. The van der Waals surface area contributed by atoms with Crippen molar-refractivity contribution in [2.75, 3.05) is 13.2 Å². The molecular formula is C15H22BrNO2. The van der Waals surface area contributed by atoms with Gasteiger partial charge in [0.05, 0.1) is 0 Å². The zero-order chi connectivity index (χ0) is 14.3. The van der Waals surface area contributed by atoms with Gasteiger partial charge in [0.2, 0.25) is 0 Å². The molecular weight excluding hydrogens is 306 g/mol. The first-order valence-corrected chi connectivity index (χ1v) is 7.53. The van der Waals surface area contributed by atoms with Gasteiger partial charge in [-0.15, -0.1) is 0 Å². The quantitative estimate of drug-likeness (QED) is 0.807. The Bertz CT molecular complexity index is 415. The van der Waals surface area contributed by atoms with Crippen molar-refractivity contribution in [3.63, 3.8) is 0 Å². The lowest BCUT2D eigenvalue weighted by Gasteiger charge is -2.16. The van der Waals surface area contributed by atoms with Crippen molar-refractivity contribution in [1.29, 1.82) is 0 Å². The lowest BCUT2D eigenvalue weighted by Crippen LogP contribution is -2.30. The summed E-state index contributed by atoms with van der Waals surface area (Å²) in [5.41, 5.74) is 1.67. The molecule has 1 rings (SSSR count). The maximum atomic E-state index is 12.1. The van der Waals surface area contributed by atoms with E-state index in [1.807, 2.05) is 25.1 Å². The highest BCUT2D eigenvalue weighted by molar-refractivity contribution is 9.10. The monoisotopic (exact) mass is 327 g/mol. The summed E-state index contributed by atoms with van der Waals surface area (Å²) >= 11 is 3.39. The molecule has 0 bridgehead atoms. The Morgan fingerprint density at radius 3 is 2.74 bits per heavy atom. The molecule has 2 N–H and O–H groups in total. The molecule has 0 heterocycles. The number of amides is 1. The maximum Gasteiger partial charge on any atom is 0.251 e. The number of carbonyl (C=O) groups excluding carboxylic acids is 1. The minimum atomic E-state index is -0.0379. The van der Waals surface area contributed by atoms with Crippen LogP contribution in [0.3, 0.4) is 0 Å². The maximum absolute atomic E-state index is 12.1. The number of nitrogens with one attached hydrogen (secondary N) is 1. The summed E-state index contributed by atoms with van der Waals surface area (Å²) in [6.07, 6.45) is 2.84. The van der Waals surface area contributed by atoms with Crippen molar-refractivity contribution < 1.29 is 9.90 Å². The third-order valence-corrected chi connectivity index (χ3v) is 3.71. The Hall–Kier alpha value is -0.870. The van der Waals surface area contributed by atoms with Crippen LogP contribution in [0.25, 0.3) is 0 Å². The van der Waals surface area contributed by atoms with Crippen LogP contribution in [0.5, 0.6) is 0 Å². The minimum Gasteiger partial charge on any atom is -0.396 e. The summed E-state index contributed by atoms with van der Waals surface area (Å²) in [6, 6.07) is 5.64. The largest absolute Gasteiger partial charge is 0.396 e. The molecule has 1 amide bonds.